The van der Waals surface area contributed by atoms with Gasteiger partial charge in [0, 0.05) is 51.4 Å². The van der Waals surface area contributed by atoms with E-state index in [-0.39, 0.29) is 46.9 Å². The van der Waals surface area contributed by atoms with Crippen LogP contribution in [0.25, 0.3) is 0 Å². The van der Waals surface area contributed by atoms with Crippen molar-refractivity contribution in [2.24, 2.45) is 0 Å². The Morgan fingerprint density at radius 2 is 0.739 bits per heavy atom. The van der Waals surface area contributed by atoms with E-state index in [4.69, 9.17) is 28.4 Å². The average molecular weight is 939 g/mol. The lowest BCUT2D eigenvalue weighted by Gasteiger charge is -2.28. The predicted octanol–water partition coefficient (Wildman–Crippen LogP) is 11.2. The molecule has 0 N–H and O–H groups in total. The molecule has 2 atom stereocenters. The highest BCUT2D eigenvalue weighted by Gasteiger charge is 2.30. The molecular weight excluding hydrogens is 873 g/mol. The summed E-state index contributed by atoms with van der Waals surface area (Å²) >= 11 is 0. The summed E-state index contributed by atoms with van der Waals surface area (Å²) in [6, 6.07) is 51.6. The third-order valence-corrected chi connectivity index (χ3v) is 11.0. The second-order valence-corrected chi connectivity index (χ2v) is 17.3. The summed E-state index contributed by atoms with van der Waals surface area (Å²) in [5, 5.41) is 0. The molecule has 0 radical (unpaired) electrons. The minimum atomic E-state index is -0.335. The highest BCUT2D eigenvalue weighted by atomic mass is 16.6. The molecule has 8 rings (SSSR count). The fourth-order valence-corrected chi connectivity index (χ4v) is 6.84. The maximum atomic E-state index is 11.5. The molecular formula is C58H66O11. The quantitative estimate of drug-likeness (QED) is 0.0658. The van der Waals surface area contributed by atoms with E-state index in [0.29, 0.717) is 30.1 Å². The Morgan fingerprint density at radius 3 is 1.01 bits per heavy atom. The molecule has 2 aliphatic heterocycles. The molecule has 364 valence electrons. The number of epoxide rings is 2. The molecule has 0 bridgehead atoms. The molecule has 6 aromatic rings. The lowest BCUT2D eigenvalue weighted by Crippen LogP contribution is -2.20. The molecule has 2 saturated heterocycles. The first-order valence-electron chi connectivity index (χ1n) is 22.8. The van der Waals surface area contributed by atoms with Crippen molar-refractivity contribution >= 4 is 23.9 Å². The molecule has 11 heteroatoms. The summed E-state index contributed by atoms with van der Waals surface area (Å²) < 4.78 is 36.0. The van der Waals surface area contributed by atoms with Gasteiger partial charge in [-0.2, -0.15) is 0 Å². The molecule has 2 fully saturated rings. The van der Waals surface area contributed by atoms with E-state index in [1.165, 1.54) is 40.4 Å². The Balaban J connectivity index is 0.000000231. The number of rotatable bonds is 12. The highest BCUT2D eigenvalue weighted by molar-refractivity contribution is 5.71. The van der Waals surface area contributed by atoms with Crippen LogP contribution in [0.15, 0.2) is 158 Å². The monoisotopic (exact) mass is 938 g/mol. The maximum Gasteiger partial charge on any atom is 0.308 e. The van der Waals surface area contributed by atoms with E-state index >= 15 is 0 Å². The number of esters is 4. The van der Waals surface area contributed by atoms with Crippen LogP contribution >= 0.6 is 0 Å². The summed E-state index contributed by atoms with van der Waals surface area (Å²) in [6.07, 6.45) is 1.78. The molecule has 11 nitrogen and oxygen atoms in total. The Kier molecular flexibility index (Phi) is 21.4. The van der Waals surface area contributed by atoms with Gasteiger partial charge in [-0.05, 0) is 69.8 Å². The summed E-state index contributed by atoms with van der Waals surface area (Å²) in [4.78, 5) is 43.6. The second-order valence-electron chi connectivity index (χ2n) is 17.3. The van der Waals surface area contributed by atoms with Crippen molar-refractivity contribution in [2.45, 2.75) is 91.3 Å². The summed E-state index contributed by atoms with van der Waals surface area (Å²) in [7, 11) is 3.01. The Labute approximate surface area is 407 Å². The van der Waals surface area contributed by atoms with Crippen molar-refractivity contribution in [3.05, 3.63) is 191 Å². The molecule has 0 aromatic heterocycles. The van der Waals surface area contributed by atoms with E-state index in [0.717, 1.165) is 46.8 Å². The van der Waals surface area contributed by atoms with Crippen LogP contribution in [0.5, 0.6) is 23.0 Å². The minimum Gasteiger partial charge on any atom is -0.497 e. The molecule has 69 heavy (non-hydrogen) atoms. The molecule has 0 spiro atoms. The Hall–Kier alpha value is -7.08. The third-order valence-electron chi connectivity index (χ3n) is 11.0. The standard InChI is InChI=1S/C25H28O6.C18H20O3.2C6H6.C3H6O2/c1-15(26)30-23-7-5-19(9-17(23)11-21-13-28-21)25(3,4)20-6-8-24(31-16(2)27)18(10-20)12-22-14-29-22;1-13(19)21-17-11-7-15(8-12-17)18(2,3)14-5-9-16(20-4)10-6-14;2*1-2-4-6-5-3-1;1-3(4)5-2/h5-10,21-22H,11-14H2,1-4H3;5-12H,1-4H3;2*1-6H;1-2H3. The van der Waals surface area contributed by atoms with E-state index in [2.05, 4.69) is 56.7 Å². The maximum absolute atomic E-state index is 11.5. The number of benzene rings is 6. The van der Waals surface area contributed by atoms with Crippen molar-refractivity contribution in [3.8, 4) is 23.0 Å². The van der Waals surface area contributed by atoms with Crippen LogP contribution in [0, 0.1) is 0 Å². The zero-order valence-corrected chi connectivity index (χ0v) is 41.5. The largest absolute Gasteiger partial charge is 0.497 e. The van der Waals surface area contributed by atoms with Gasteiger partial charge in [0.15, 0.2) is 0 Å². The predicted molar refractivity (Wildman–Crippen MR) is 268 cm³/mol. The summed E-state index contributed by atoms with van der Waals surface area (Å²) in [5.74, 6) is 1.35. The minimum absolute atomic E-state index is 0.138. The van der Waals surface area contributed by atoms with Crippen LogP contribution in [0.1, 0.15) is 88.8 Å². The highest BCUT2D eigenvalue weighted by Crippen LogP contribution is 2.38. The van der Waals surface area contributed by atoms with Gasteiger partial charge in [0.2, 0.25) is 0 Å². The number of carbonyl (C=O) groups excluding carboxylic acids is 4. The van der Waals surface area contributed by atoms with Crippen LogP contribution in [-0.2, 0) is 57.1 Å². The SMILES string of the molecule is CC(=O)Oc1ccc(C(C)(C)c2ccc(OC(C)=O)c(CC3CO3)c2)cc1CC1CO1.COC(C)=O.COc1ccc(C(C)(C)c2ccc(OC(C)=O)cc2)cc1.c1ccccc1.c1ccccc1. The normalized spacial score (nSPS) is 14.1. The smallest absolute Gasteiger partial charge is 0.308 e. The fraction of sp³-hybridized carbons (Fsp3) is 0.310. The molecule has 2 heterocycles. The molecule has 0 saturated carbocycles. The van der Waals surface area contributed by atoms with Crippen LogP contribution in [0.4, 0.5) is 0 Å². The van der Waals surface area contributed by atoms with Crippen molar-refractivity contribution in [1.29, 1.82) is 0 Å². The lowest BCUT2D eigenvalue weighted by molar-refractivity contribution is -0.138. The average Bonchev–Trinajstić information content (AvgIpc) is 4.30. The van der Waals surface area contributed by atoms with Gasteiger partial charge in [0.05, 0.1) is 39.6 Å². The van der Waals surface area contributed by atoms with Gasteiger partial charge in [-0.3, -0.25) is 19.2 Å². The van der Waals surface area contributed by atoms with Crippen LogP contribution < -0.4 is 18.9 Å². The Morgan fingerprint density at radius 1 is 0.449 bits per heavy atom. The van der Waals surface area contributed by atoms with Gasteiger partial charge < -0.3 is 33.2 Å². The second kappa shape index (κ2) is 27.1. The lowest BCUT2D eigenvalue weighted by atomic mass is 9.76. The van der Waals surface area contributed by atoms with Crippen molar-refractivity contribution in [1.82, 2.24) is 0 Å². The van der Waals surface area contributed by atoms with E-state index in [1.54, 1.807) is 7.11 Å². The van der Waals surface area contributed by atoms with Crippen molar-refractivity contribution in [2.75, 3.05) is 27.4 Å². The van der Waals surface area contributed by atoms with Crippen LogP contribution in [0.3, 0.4) is 0 Å². The molecule has 2 unspecified atom stereocenters. The molecule has 2 aliphatic rings. The van der Waals surface area contributed by atoms with E-state index in [1.807, 2.05) is 133 Å². The van der Waals surface area contributed by atoms with Gasteiger partial charge in [-0.15, -0.1) is 0 Å². The first-order valence-corrected chi connectivity index (χ1v) is 22.8. The van der Waals surface area contributed by atoms with Crippen molar-refractivity contribution < 1.29 is 52.3 Å². The summed E-state index contributed by atoms with van der Waals surface area (Å²) in [5.41, 5.74) is 6.04. The molecule has 0 aliphatic carbocycles. The molecule has 0 amide bonds. The number of carbonyl (C=O) groups is 4. The number of hydrogen-bond donors (Lipinski definition) is 0. The van der Waals surface area contributed by atoms with Gasteiger partial charge >= 0.3 is 23.9 Å². The first-order chi connectivity index (χ1) is 32.9. The van der Waals surface area contributed by atoms with E-state index in [9.17, 15) is 19.2 Å². The first kappa shape index (κ1) is 54.5. The molecule has 6 aromatic carbocycles. The van der Waals surface area contributed by atoms with Gasteiger partial charge in [-0.25, -0.2) is 0 Å². The van der Waals surface area contributed by atoms with Crippen LogP contribution in [-0.4, -0.2) is 63.5 Å². The van der Waals surface area contributed by atoms with Gasteiger partial charge in [0.1, 0.15) is 23.0 Å². The number of ether oxygens (including phenoxy) is 7. The van der Waals surface area contributed by atoms with Crippen molar-refractivity contribution in [3.63, 3.8) is 0 Å². The number of methoxy groups -OCH3 is 2. The zero-order chi connectivity index (χ0) is 50.4. The van der Waals surface area contributed by atoms with E-state index < -0.39 is 0 Å². The van der Waals surface area contributed by atoms with Gasteiger partial charge in [-0.1, -0.05) is 149 Å². The summed E-state index contributed by atoms with van der Waals surface area (Å²) in [6.45, 7) is 15.7. The fourth-order valence-electron chi connectivity index (χ4n) is 6.84. The van der Waals surface area contributed by atoms with Gasteiger partial charge in [0.25, 0.3) is 0 Å². The third kappa shape index (κ3) is 19.2. The topological polar surface area (TPSA) is 139 Å². The van der Waals surface area contributed by atoms with Crippen LogP contribution in [0.2, 0.25) is 0 Å². The Bertz CT molecular complexity index is 2340. The zero-order valence-electron chi connectivity index (χ0n) is 41.5. The number of hydrogen-bond acceptors (Lipinski definition) is 11.